The van der Waals surface area contributed by atoms with Crippen LogP contribution in [0.3, 0.4) is 0 Å². The Morgan fingerprint density at radius 3 is 2.32 bits per heavy atom. The lowest BCUT2D eigenvalue weighted by Crippen LogP contribution is -2.26. The number of para-hydroxylation sites is 1. The summed E-state index contributed by atoms with van der Waals surface area (Å²) in [6.45, 7) is 3.52. The Kier molecular flexibility index (Phi) is 6.23. The second-order valence-corrected chi connectivity index (χ2v) is 5.19. The van der Waals surface area contributed by atoms with Crippen LogP contribution in [0.1, 0.15) is 13.8 Å². The van der Waals surface area contributed by atoms with Crippen molar-refractivity contribution in [3.8, 4) is 5.75 Å². The molecule has 19 heavy (non-hydrogen) atoms. The average molecular weight is 290 g/mol. The lowest BCUT2D eigenvalue weighted by atomic mass is 10.3. The minimum absolute atomic E-state index is 0.185. The molecule has 6 nitrogen and oxygen atoms in total. The first-order chi connectivity index (χ1) is 8.87. The minimum Gasteiger partial charge on any atom is -0.488 e. The Balaban J connectivity index is 2.24. The van der Waals surface area contributed by atoms with E-state index in [0.29, 0.717) is 0 Å². The fraction of sp³-hybridized carbons (Fsp3) is 0.500. The normalized spacial score (nSPS) is 14.9. The number of hydrogen-bond acceptors (Lipinski definition) is 5. The van der Waals surface area contributed by atoms with Crippen molar-refractivity contribution in [2.75, 3.05) is 13.2 Å². The van der Waals surface area contributed by atoms with Gasteiger partial charge in [-0.3, -0.25) is 4.55 Å². The Labute approximate surface area is 113 Å². The smallest absolute Gasteiger partial charge is 0.397 e. The molecule has 1 N–H and O–H groups in total. The van der Waals surface area contributed by atoms with Crippen molar-refractivity contribution < 1.29 is 26.6 Å². The van der Waals surface area contributed by atoms with Gasteiger partial charge in [0.05, 0.1) is 19.3 Å². The Hall–Kier alpha value is -1.15. The van der Waals surface area contributed by atoms with Gasteiger partial charge in [0.15, 0.2) is 0 Å². The maximum atomic E-state index is 10.4. The molecule has 108 valence electrons. The maximum absolute atomic E-state index is 10.4. The van der Waals surface area contributed by atoms with E-state index in [1.165, 1.54) is 0 Å². The van der Waals surface area contributed by atoms with Crippen LogP contribution in [0.25, 0.3) is 0 Å². The molecule has 2 atom stereocenters. The van der Waals surface area contributed by atoms with Gasteiger partial charge in [-0.05, 0) is 26.0 Å². The number of ether oxygens (including phenoxy) is 2. The third-order valence-electron chi connectivity index (χ3n) is 2.15. The molecule has 0 aliphatic heterocycles. The van der Waals surface area contributed by atoms with Crippen LogP contribution in [0, 0.1) is 0 Å². The summed E-state index contributed by atoms with van der Waals surface area (Å²) in [7, 11) is -4.42. The first kappa shape index (κ1) is 15.9. The highest BCUT2D eigenvalue weighted by atomic mass is 32.3. The first-order valence-corrected chi connectivity index (χ1v) is 7.18. The van der Waals surface area contributed by atoms with Crippen LogP contribution in [-0.2, 0) is 19.3 Å². The summed E-state index contributed by atoms with van der Waals surface area (Å²) in [6.07, 6.45) is -0.653. The molecule has 0 radical (unpaired) electrons. The molecule has 0 fully saturated rings. The molecule has 0 amide bonds. The van der Waals surface area contributed by atoms with Crippen LogP contribution in [0.4, 0.5) is 0 Å². The summed E-state index contributed by atoms with van der Waals surface area (Å²) in [5.41, 5.74) is 0. The third-order valence-corrected chi connectivity index (χ3v) is 2.58. The first-order valence-electron chi connectivity index (χ1n) is 5.82. The summed E-state index contributed by atoms with van der Waals surface area (Å²) < 4.78 is 44.3. The van der Waals surface area contributed by atoms with E-state index < -0.39 is 16.5 Å². The Morgan fingerprint density at radius 2 is 1.74 bits per heavy atom. The molecule has 0 saturated carbocycles. The van der Waals surface area contributed by atoms with Gasteiger partial charge in [0, 0.05) is 0 Å². The molecule has 0 spiro atoms. The van der Waals surface area contributed by atoms with Gasteiger partial charge >= 0.3 is 10.4 Å². The van der Waals surface area contributed by atoms with E-state index >= 15 is 0 Å². The second-order valence-electron chi connectivity index (χ2n) is 4.10. The lowest BCUT2D eigenvalue weighted by Gasteiger charge is -2.18. The molecule has 0 aliphatic rings. The highest BCUT2D eigenvalue weighted by Gasteiger charge is 2.12. The van der Waals surface area contributed by atoms with E-state index in [0.717, 1.165) is 5.75 Å². The molecule has 1 aromatic rings. The minimum atomic E-state index is -4.42. The van der Waals surface area contributed by atoms with Gasteiger partial charge in [-0.1, -0.05) is 18.2 Å². The molecule has 1 aromatic carbocycles. The van der Waals surface area contributed by atoms with E-state index in [2.05, 4.69) is 4.18 Å². The van der Waals surface area contributed by atoms with Gasteiger partial charge in [0.2, 0.25) is 0 Å². The van der Waals surface area contributed by atoms with Crippen LogP contribution in [0.5, 0.6) is 5.75 Å². The van der Waals surface area contributed by atoms with E-state index in [1.807, 2.05) is 37.3 Å². The summed E-state index contributed by atoms with van der Waals surface area (Å²) in [4.78, 5) is 0. The fourth-order valence-electron chi connectivity index (χ4n) is 1.30. The molecule has 0 aliphatic carbocycles. The number of hydrogen-bond donors (Lipinski definition) is 1. The van der Waals surface area contributed by atoms with E-state index in [1.54, 1.807) is 6.92 Å². The van der Waals surface area contributed by atoms with Gasteiger partial charge in [0.25, 0.3) is 0 Å². The monoisotopic (exact) mass is 290 g/mol. The van der Waals surface area contributed by atoms with Gasteiger partial charge in [-0.25, -0.2) is 4.18 Å². The summed E-state index contributed by atoms with van der Waals surface area (Å²) in [5.74, 6) is 0.737. The van der Waals surface area contributed by atoms with Crippen molar-refractivity contribution in [3.63, 3.8) is 0 Å². The van der Waals surface area contributed by atoms with E-state index in [4.69, 9.17) is 14.0 Å². The van der Waals surface area contributed by atoms with Gasteiger partial charge < -0.3 is 9.47 Å². The van der Waals surface area contributed by atoms with Crippen molar-refractivity contribution in [2.24, 2.45) is 0 Å². The number of rotatable bonds is 8. The highest BCUT2D eigenvalue weighted by Crippen LogP contribution is 2.11. The van der Waals surface area contributed by atoms with Gasteiger partial charge in [0.1, 0.15) is 11.9 Å². The van der Waals surface area contributed by atoms with Crippen LogP contribution in [0.15, 0.2) is 30.3 Å². The van der Waals surface area contributed by atoms with Gasteiger partial charge in [-0.15, -0.1) is 0 Å². The van der Waals surface area contributed by atoms with Crippen molar-refractivity contribution in [1.29, 1.82) is 0 Å². The average Bonchev–Trinajstić information content (AvgIpc) is 2.34. The summed E-state index contributed by atoms with van der Waals surface area (Å²) in [5, 5.41) is 0. The van der Waals surface area contributed by atoms with Crippen molar-refractivity contribution >= 4 is 10.4 Å². The maximum Gasteiger partial charge on any atom is 0.397 e. The lowest BCUT2D eigenvalue weighted by molar-refractivity contribution is -0.00670. The predicted octanol–water partition coefficient (Wildman–Crippen LogP) is 1.68. The van der Waals surface area contributed by atoms with Crippen LogP contribution >= 0.6 is 0 Å². The van der Waals surface area contributed by atoms with E-state index in [-0.39, 0.29) is 19.3 Å². The van der Waals surface area contributed by atoms with Crippen molar-refractivity contribution in [3.05, 3.63) is 30.3 Å². The van der Waals surface area contributed by atoms with Crippen molar-refractivity contribution in [1.82, 2.24) is 0 Å². The Bertz CT molecular complexity index is 458. The zero-order valence-corrected chi connectivity index (χ0v) is 11.7. The molecule has 7 heteroatoms. The number of benzene rings is 1. The standard InChI is InChI=1S/C12H18O6S/c1-10(9-17-19(13,14)15)16-8-11(2)18-12-6-4-3-5-7-12/h3-7,10-11H,8-9H2,1-2H3,(H,13,14,15). The molecule has 0 heterocycles. The topological polar surface area (TPSA) is 82.1 Å². The quantitative estimate of drug-likeness (QED) is 0.733. The summed E-state index contributed by atoms with van der Waals surface area (Å²) in [6, 6.07) is 9.29. The molecule has 1 rings (SSSR count). The molecule has 0 bridgehead atoms. The van der Waals surface area contributed by atoms with Crippen LogP contribution < -0.4 is 4.74 Å². The zero-order valence-electron chi connectivity index (χ0n) is 10.9. The molecular weight excluding hydrogens is 272 g/mol. The third kappa shape index (κ3) is 7.78. The van der Waals surface area contributed by atoms with Gasteiger partial charge in [-0.2, -0.15) is 8.42 Å². The predicted molar refractivity (Wildman–Crippen MR) is 69.4 cm³/mol. The molecule has 0 aromatic heterocycles. The fourth-order valence-corrected chi connectivity index (χ4v) is 1.66. The molecule has 2 unspecified atom stereocenters. The SMILES string of the molecule is CC(COS(=O)(=O)O)OCC(C)Oc1ccccc1. The van der Waals surface area contributed by atoms with Crippen LogP contribution in [0.2, 0.25) is 0 Å². The molecular formula is C12H18O6S. The summed E-state index contributed by atoms with van der Waals surface area (Å²) >= 11 is 0. The molecule has 0 saturated heterocycles. The van der Waals surface area contributed by atoms with Crippen LogP contribution in [-0.4, -0.2) is 38.4 Å². The largest absolute Gasteiger partial charge is 0.488 e. The highest BCUT2D eigenvalue weighted by molar-refractivity contribution is 7.80. The van der Waals surface area contributed by atoms with E-state index in [9.17, 15) is 8.42 Å². The zero-order chi connectivity index (χ0) is 14.3. The van der Waals surface area contributed by atoms with Crippen molar-refractivity contribution in [2.45, 2.75) is 26.1 Å². The Morgan fingerprint density at radius 1 is 1.11 bits per heavy atom. The second kappa shape index (κ2) is 7.44.